The summed E-state index contributed by atoms with van der Waals surface area (Å²) in [6.07, 6.45) is -0.383. The van der Waals surface area contributed by atoms with Crippen LogP contribution in [0.15, 0.2) is 66.7 Å². The van der Waals surface area contributed by atoms with Crippen molar-refractivity contribution in [1.29, 1.82) is 5.41 Å². The maximum absolute atomic E-state index is 13.5. The Balaban J connectivity index is 1.74. The maximum atomic E-state index is 13.5. The lowest BCUT2D eigenvalue weighted by Gasteiger charge is -2.17. The predicted octanol–water partition coefficient (Wildman–Crippen LogP) is 5.13. The van der Waals surface area contributed by atoms with E-state index in [-0.39, 0.29) is 47.4 Å². The zero-order valence-corrected chi connectivity index (χ0v) is 20.5. The summed E-state index contributed by atoms with van der Waals surface area (Å²) in [5, 5.41) is 19.5. The maximum Gasteiger partial charge on any atom is 0.203 e. The fourth-order valence-electron chi connectivity index (χ4n) is 4.05. The number of rotatable bonds is 9. The van der Waals surface area contributed by atoms with Gasteiger partial charge >= 0.3 is 0 Å². The number of aromatic hydroxyl groups is 1. The average molecular weight is 474 g/mol. The van der Waals surface area contributed by atoms with E-state index < -0.39 is 0 Å². The van der Waals surface area contributed by atoms with Gasteiger partial charge in [0.25, 0.3) is 0 Å². The molecule has 35 heavy (non-hydrogen) atoms. The molecule has 1 heterocycles. The summed E-state index contributed by atoms with van der Waals surface area (Å²) >= 11 is 0. The minimum Gasteiger partial charge on any atom is -0.502 e. The molecule has 0 amide bonds. The van der Waals surface area contributed by atoms with E-state index >= 15 is 0 Å². The highest BCUT2D eigenvalue weighted by atomic mass is 16.5. The minimum atomic E-state index is -0.215. The van der Waals surface area contributed by atoms with Crippen LogP contribution in [0.25, 0.3) is 11.0 Å². The van der Waals surface area contributed by atoms with E-state index in [4.69, 9.17) is 14.9 Å². The number of fused-ring (bicyclic) bond motifs is 1. The largest absolute Gasteiger partial charge is 0.502 e. The van der Waals surface area contributed by atoms with Gasteiger partial charge in [0.2, 0.25) is 11.4 Å². The van der Waals surface area contributed by atoms with Gasteiger partial charge in [-0.15, -0.1) is 0 Å². The second kappa shape index (κ2) is 10.1. The van der Waals surface area contributed by atoms with E-state index in [1.165, 1.54) is 12.1 Å². The zero-order valence-electron chi connectivity index (χ0n) is 20.5. The number of phenolic OH excluding ortho intramolecular Hbond substituents is 1. The van der Waals surface area contributed by atoms with Gasteiger partial charge in [0, 0.05) is 5.56 Å². The first-order valence-electron chi connectivity index (χ1n) is 11.7. The molecule has 7 nitrogen and oxygen atoms in total. The van der Waals surface area contributed by atoms with Crippen molar-refractivity contribution in [2.75, 3.05) is 0 Å². The van der Waals surface area contributed by atoms with E-state index in [1.54, 1.807) is 4.57 Å². The number of benzene rings is 3. The normalized spacial score (nSPS) is 11.4. The number of nitrogens with zero attached hydrogens (tertiary/aromatic N) is 2. The van der Waals surface area contributed by atoms with Gasteiger partial charge in [-0.05, 0) is 57.5 Å². The number of imidazole rings is 1. The number of para-hydroxylation sites is 2. The Morgan fingerprint density at radius 3 is 1.91 bits per heavy atom. The van der Waals surface area contributed by atoms with Crippen LogP contribution in [0.1, 0.15) is 43.6 Å². The highest BCUT2D eigenvalue weighted by Gasteiger charge is 2.20. The summed E-state index contributed by atoms with van der Waals surface area (Å²) in [6, 6.07) is 20.7. The number of nitrogens with one attached hydrogen (secondary N) is 1. The molecule has 4 rings (SSSR count). The fraction of sp³-hybridized carbons (Fsp3) is 0.286. The van der Waals surface area contributed by atoms with Gasteiger partial charge in [0.1, 0.15) is 0 Å². The third kappa shape index (κ3) is 5.24. The van der Waals surface area contributed by atoms with E-state index in [1.807, 2.05) is 86.9 Å². The third-order valence-electron chi connectivity index (χ3n) is 5.55. The molecule has 7 heteroatoms. The predicted molar refractivity (Wildman–Crippen MR) is 135 cm³/mol. The van der Waals surface area contributed by atoms with Crippen molar-refractivity contribution < 1.29 is 19.4 Å². The Morgan fingerprint density at radius 1 is 0.857 bits per heavy atom. The van der Waals surface area contributed by atoms with Crippen LogP contribution >= 0.6 is 0 Å². The Bertz CT molecular complexity index is 1370. The second-order valence-electron chi connectivity index (χ2n) is 9.05. The monoisotopic (exact) mass is 473 g/mol. The van der Waals surface area contributed by atoms with Crippen molar-refractivity contribution in [3.63, 3.8) is 0 Å². The third-order valence-corrected chi connectivity index (χ3v) is 5.55. The topological polar surface area (TPSA) is 89.5 Å². The van der Waals surface area contributed by atoms with Crippen molar-refractivity contribution >= 4 is 16.8 Å². The first-order valence-corrected chi connectivity index (χ1v) is 11.7. The van der Waals surface area contributed by atoms with Crippen LogP contribution in [0.5, 0.6) is 17.2 Å². The first kappa shape index (κ1) is 24.1. The van der Waals surface area contributed by atoms with E-state index in [9.17, 15) is 9.90 Å². The molecular weight excluding hydrogens is 442 g/mol. The lowest BCUT2D eigenvalue weighted by Crippen LogP contribution is -2.27. The molecule has 3 aromatic carbocycles. The van der Waals surface area contributed by atoms with Crippen LogP contribution in [0.2, 0.25) is 0 Å². The molecule has 0 aliphatic heterocycles. The number of aromatic nitrogens is 2. The van der Waals surface area contributed by atoms with Gasteiger partial charge in [-0.2, -0.15) is 0 Å². The molecule has 0 aliphatic rings. The number of phenols is 1. The number of hydrogen-bond acceptors (Lipinski definition) is 5. The first-order chi connectivity index (χ1) is 16.7. The molecule has 2 N–H and O–H groups in total. The Morgan fingerprint density at radius 2 is 1.37 bits per heavy atom. The van der Waals surface area contributed by atoms with Crippen LogP contribution in [-0.2, 0) is 13.1 Å². The van der Waals surface area contributed by atoms with Crippen LogP contribution in [0, 0.1) is 5.41 Å². The number of ether oxygens (including phenoxy) is 2. The van der Waals surface area contributed by atoms with Crippen LogP contribution in [0.4, 0.5) is 0 Å². The highest BCUT2D eigenvalue weighted by molar-refractivity contribution is 5.98. The molecule has 4 aromatic rings. The number of Topliss-reactive ketones (excluding diaryl/α,β-unsaturated/α-hetero) is 1. The summed E-state index contributed by atoms with van der Waals surface area (Å²) in [5.74, 6) is 0.0544. The second-order valence-corrected chi connectivity index (χ2v) is 9.05. The van der Waals surface area contributed by atoms with Crippen molar-refractivity contribution in [3.05, 3.63) is 83.5 Å². The number of carbonyl (C=O) groups excluding carboxylic acids is 1. The van der Waals surface area contributed by atoms with Gasteiger partial charge in [0.05, 0.1) is 36.3 Å². The minimum absolute atomic E-state index is 0.0336. The Hall–Kier alpha value is -4.00. The molecule has 182 valence electrons. The molecule has 0 saturated carbocycles. The number of ketones is 1. The standard InChI is InChI=1S/C28H31N3O4/c1-18(2)34-25-14-21(15-26(27(25)33)35-19(3)4)24(32)17-31-23-13-9-8-12-22(23)30(28(31)29)16-20-10-6-5-7-11-20/h5-15,18-19,29,33H,16-17H2,1-4H3. The summed E-state index contributed by atoms with van der Waals surface area (Å²) in [4.78, 5) is 13.5. The number of carbonyl (C=O) groups is 1. The average Bonchev–Trinajstić information content (AvgIpc) is 3.07. The quantitative estimate of drug-likeness (QED) is 0.330. The van der Waals surface area contributed by atoms with Crippen LogP contribution in [-0.4, -0.2) is 32.2 Å². The van der Waals surface area contributed by atoms with Gasteiger partial charge < -0.3 is 23.7 Å². The smallest absolute Gasteiger partial charge is 0.203 e. The van der Waals surface area contributed by atoms with E-state index in [0.717, 1.165) is 16.6 Å². The number of hydrogen-bond donors (Lipinski definition) is 2. The van der Waals surface area contributed by atoms with Crippen LogP contribution < -0.4 is 15.1 Å². The molecule has 0 aliphatic carbocycles. The molecule has 0 fully saturated rings. The molecule has 0 unspecified atom stereocenters. The molecule has 1 aromatic heterocycles. The lowest BCUT2D eigenvalue weighted by molar-refractivity contribution is 0.0969. The Labute approximate surface area is 204 Å². The summed E-state index contributed by atoms with van der Waals surface area (Å²) in [5.41, 5.74) is 3.34. The van der Waals surface area contributed by atoms with E-state index in [0.29, 0.717) is 12.1 Å². The molecule has 0 atom stereocenters. The molecule has 0 radical (unpaired) electrons. The zero-order chi connectivity index (χ0) is 25.1. The Kier molecular flexibility index (Phi) is 6.96. The highest BCUT2D eigenvalue weighted by Crippen LogP contribution is 2.39. The van der Waals surface area contributed by atoms with Crippen molar-refractivity contribution in [3.8, 4) is 17.2 Å². The fourth-order valence-corrected chi connectivity index (χ4v) is 4.05. The molecule has 0 bridgehead atoms. The van der Waals surface area contributed by atoms with Crippen LogP contribution in [0.3, 0.4) is 0 Å². The molecular formula is C28H31N3O4. The summed E-state index contributed by atoms with van der Waals surface area (Å²) in [6.45, 7) is 7.89. The van der Waals surface area contributed by atoms with Gasteiger partial charge in [-0.3, -0.25) is 10.2 Å². The molecule has 0 saturated heterocycles. The van der Waals surface area contributed by atoms with Crippen molar-refractivity contribution in [1.82, 2.24) is 9.13 Å². The van der Waals surface area contributed by atoms with Crippen molar-refractivity contribution in [2.45, 2.75) is 53.0 Å². The SMILES string of the molecule is CC(C)Oc1cc(C(=O)Cn2c(=N)n(Cc3ccccc3)c3ccccc32)cc(OC(C)C)c1O. The van der Waals surface area contributed by atoms with Gasteiger partial charge in [-0.25, -0.2) is 0 Å². The summed E-state index contributed by atoms with van der Waals surface area (Å²) < 4.78 is 15.1. The lowest BCUT2D eigenvalue weighted by atomic mass is 10.1. The van der Waals surface area contributed by atoms with Crippen molar-refractivity contribution in [2.24, 2.45) is 0 Å². The summed E-state index contributed by atoms with van der Waals surface area (Å²) in [7, 11) is 0. The van der Waals surface area contributed by atoms with Gasteiger partial charge in [-0.1, -0.05) is 42.5 Å². The molecule has 0 spiro atoms. The van der Waals surface area contributed by atoms with E-state index in [2.05, 4.69) is 0 Å². The van der Waals surface area contributed by atoms with Gasteiger partial charge in [0.15, 0.2) is 17.3 Å².